The molecule has 1 unspecified atom stereocenters. The van der Waals surface area contributed by atoms with Gasteiger partial charge in [0.25, 0.3) is 5.56 Å². The van der Waals surface area contributed by atoms with E-state index in [9.17, 15) is 4.79 Å². The van der Waals surface area contributed by atoms with Gasteiger partial charge in [0.15, 0.2) is 4.83 Å². The van der Waals surface area contributed by atoms with Crippen LogP contribution in [0.5, 0.6) is 5.75 Å². The second-order valence-electron chi connectivity index (χ2n) is 8.39. The van der Waals surface area contributed by atoms with E-state index in [2.05, 4.69) is 31.1 Å². The van der Waals surface area contributed by atoms with Crippen molar-refractivity contribution >= 4 is 21.6 Å². The highest BCUT2D eigenvalue weighted by molar-refractivity contribution is 7.18. The number of aromatic nitrogens is 3. The second kappa shape index (κ2) is 6.75. The summed E-state index contributed by atoms with van der Waals surface area (Å²) in [6.07, 6.45) is 3.13. The number of ether oxygens (including phenoxy) is 1. The summed E-state index contributed by atoms with van der Waals surface area (Å²) in [5.41, 5.74) is 2.47. The minimum atomic E-state index is -0.0254. The lowest BCUT2D eigenvalue weighted by atomic mass is 9.72. The fraction of sp³-hybridized carbons (Fsp3) is 0.476. The molecule has 142 valence electrons. The molecule has 2 aromatic heterocycles. The number of thiophene rings is 1. The van der Waals surface area contributed by atoms with Gasteiger partial charge >= 0.3 is 0 Å². The highest BCUT2D eigenvalue weighted by Crippen LogP contribution is 2.41. The van der Waals surface area contributed by atoms with Crippen LogP contribution in [0.3, 0.4) is 0 Å². The van der Waals surface area contributed by atoms with Crippen LogP contribution in [0.15, 0.2) is 29.1 Å². The number of hydrogen-bond donors (Lipinski definition) is 0. The van der Waals surface area contributed by atoms with Crippen LogP contribution in [0.25, 0.3) is 10.2 Å². The lowest BCUT2D eigenvalue weighted by molar-refractivity contribution is 0.218. The largest absolute Gasteiger partial charge is 0.497 e. The van der Waals surface area contributed by atoms with Crippen LogP contribution in [0.1, 0.15) is 43.2 Å². The Bertz CT molecular complexity index is 1030. The van der Waals surface area contributed by atoms with Gasteiger partial charge in [0, 0.05) is 4.88 Å². The minimum Gasteiger partial charge on any atom is -0.497 e. The molecule has 1 aliphatic carbocycles. The predicted octanol–water partition coefficient (Wildman–Crippen LogP) is 4.06. The van der Waals surface area contributed by atoms with Crippen LogP contribution in [-0.4, -0.2) is 22.1 Å². The fourth-order valence-electron chi connectivity index (χ4n) is 3.87. The van der Waals surface area contributed by atoms with Crippen molar-refractivity contribution in [3.63, 3.8) is 0 Å². The number of methoxy groups -OCH3 is 1. The first kappa shape index (κ1) is 18.2. The summed E-state index contributed by atoms with van der Waals surface area (Å²) in [6, 6.07) is 7.69. The van der Waals surface area contributed by atoms with E-state index in [-0.39, 0.29) is 11.0 Å². The maximum absolute atomic E-state index is 13.1. The summed E-state index contributed by atoms with van der Waals surface area (Å²) in [5.74, 6) is 1.44. The molecule has 0 fully saturated rings. The molecule has 1 aliphatic rings. The molecule has 6 heteroatoms. The van der Waals surface area contributed by atoms with Crippen molar-refractivity contribution in [1.29, 1.82) is 0 Å². The van der Waals surface area contributed by atoms with Gasteiger partial charge in [-0.2, -0.15) is 0 Å². The Hall–Kier alpha value is -2.21. The van der Waals surface area contributed by atoms with Gasteiger partial charge in [0.2, 0.25) is 0 Å². The van der Waals surface area contributed by atoms with Crippen LogP contribution < -0.4 is 10.3 Å². The van der Waals surface area contributed by atoms with Crippen molar-refractivity contribution in [2.75, 3.05) is 7.11 Å². The average molecular weight is 384 g/mol. The fourth-order valence-corrected chi connectivity index (χ4v) is 5.11. The lowest BCUT2D eigenvalue weighted by Gasteiger charge is -2.33. The smallest absolute Gasteiger partial charge is 0.279 e. The first-order valence-electron chi connectivity index (χ1n) is 9.38. The van der Waals surface area contributed by atoms with Gasteiger partial charge in [-0.25, -0.2) is 4.68 Å². The zero-order valence-electron chi connectivity index (χ0n) is 16.3. The standard InChI is InChI=1S/C21H25N3O2S/c1-21(2,3)14-7-10-16-17(11-14)27-19-18(16)20(25)24(23-22-19)12-13-5-8-15(26-4)9-6-13/h5-6,8-9,14H,7,10-12H2,1-4H3. The summed E-state index contributed by atoms with van der Waals surface area (Å²) in [5, 5.41) is 9.34. The third-order valence-electron chi connectivity index (χ3n) is 5.65. The van der Waals surface area contributed by atoms with E-state index >= 15 is 0 Å². The van der Waals surface area contributed by atoms with Crippen LogP contribution in [0.2, 0.25) is 0 Å². The Labute approximate surface area is 163 Å². The SMILES string of the molecule is COc1ccc(Cn2nnc3sc4c(c3c2=O)CCC(C(C)(C)C)C4)cc1. The number of rotatable bonds is 3. The Morgan fingerprint density at radius 1 is 1.26 bits per heavy atom. The monoisotopic (exact) mass is 383 g/mol. The molecule has 4 rings (SSSR count). The molecule has 0 N–H and O–H groups in total. The first-order valence-corrected chi connectivity index (χ1v) is 10.2. The van der Waals surface area contributed by atoms with Crippen molar-refractivity contribution < 1.29 is 4.74 Å². The molecule has 1 atom stereocenters. The molecule has 0 bridgehead atoms. The maximum Gasteiger partial charge on any atom is 0.279 e. The van der Waals surface area contributed by atoms with Crippen LogP contribution in [-0.2, 0) is 19.4 Å². The molecule has 5 nitrogen and oxygen atoms in total. The summed E-state index contributed by atoms with van der Waals surface area (Å²) >= 11 is 1.65. The third-order valence-corrected chi connectivity index (χ3v) is 6.79. The molecule has 2 heterocycles. The van der Waals surface area contributed by atoms with Crippen LogP contribution in [0.4, 0.5) is 0 Å². The topological polar surface area (TPSA) is 57.0 Å². The Balaban J connectivity index is 1.69. The Morgan fingerprint density at radius 3 is 2.67 bits per heavy atom. The van der Waals surface area contributed by atoms with E-state index in [1.54, 1.807) is 18.4 Å². The van der Waals surface area contributed by atoms with Gasteiger partial charge in [0.1, 0.15) is 5.75 Å². The zero-order valence-corrected chi connectivity index (χ0v) is 17.1. The lowest BCUT2D eigenvalue weighted by Crippen LogP contribution is -2.28. The highest BCUT2D eigenvalue weighted by Gasteiger charge is 2.31. The summed E-state index contributed by atoms with van der Waals surface area (Å²) in [7, 11) is 1.64. The number of nitrogens with zero attached hydrogens (tertiary/aromatic N) is 3. The number of aryl methyl sites for hydroxylation is 1. The maximum atomic E-state index is 13.1. The van der Waals surface area contributed by atoms with Crippen molar-refractivity contribution in [3.8, 4) is 5.75 Å². The summed E-state index contributed by atoms with van der Waals surface area (Å²) < 4.78 is 6.67. The van der Waals surface area contributed by atoms with Crippen LogP contribution in [0, 0.1) is 11.3 Å². The molecular formula is C21H25N3O2S. The molecular weight excluding hydrogens is 358 g/mol. The molecule has 0 amide bonds. The van der Waals surface area contributed by atoms with Crippen molar-refractivity contribution in [1.82, 2.24) is 15.0 Å². The molecule has 1 aromatic carbocycles. The summed E-state index contributed by atoms with van der Waals surface area (Å²) in [6.45, 7) is 7.33. The van der Waals surface area contributed by atoms with Crippen molar-refractivity contribution in [2.45, 2.75) is 46.6 Å². The number of fused-ring (bicyclic) bond motifs is 3. The minimum absolute atomic E-state index is 0.0254. The van der Waals surface area contributed by atoms with Crippen molar-refractivity contribution in [2.24, 2.45) is 11.3 Å². The third kappa shape index (κ3) is 3.38. The quantitative estimate of drug-likeness (QED) is 0.684. The van der Waals surface area contributed by atoms with Gasteiger partial charge in [-0.1, -0.05) is 38.1 Å². The predicted molar refractivity (Wildman–Crippen MR) is 109 cm³/mol. The summed E-state index contributed by atoms with van der Waals surface area (Å²) in [4.78, 5) is 15.2. The van der Waals surface area contributed by atoms with E-state index in [1.165, 1.54) is 15.1 Å². The highest BCUT2D eigenvalue weighted by atomic mass is 32.1. The normalized spacial score (nSPS) is 17.1. The van der Waals surface area contributed by atoms with Gasteiger partial charge in [0.05, 0.1) is 19.0 Å². The number of benzene rings is 1. The molecule has 0 radical (unpaired) electrons. The van der Waals surface area contributed by atoms with Gasteiger partial charge in [-0.05, 0) is 53.9 Å². The second-order valence-corrected chi connectivity index (χ2v) is 9.47. The van der Waals surface area contributed by atoms with Gasteiger partial charge in [-0.3, -0.25) is 4.79 Å². The van der Waals surface area contributed by atoms with E-state index < -0.39 is 0 Å². The van der Waals surface area contributed by atoms with E-state index in [0.717, 1.165) is 40.8 Å². The van der Waals surface area contributed by atoms with E-state index in [1.807, 2.05) is 24.3 Å². The average Bonchev–Trinajstić information content (AvgIpc) is 3.02. The van der Waals surface area contributed by atoms with E-state index in [4.69, 9.17) is 4.74 Å². The van der Waals surface area contributed by atoms with Crippen LogP contribution >= 0.6 is 11.3 Å². The Kier molecular flexibility index (Phi) is 4.54. The van der Waals surface area contributed by atoms with Gasteiger partial charge in [-0.15, -0.1) is 16.4 Å². The van der Waals surface area contributed by atoms with Gasteiger partial charge < -0.3 is 4.74 Å². The molecule has 27 heavy (non-hydrogen) atoms. The first-order chi connectivity index (χ1) is 12.9. The number of hydrogen-bond acceptors (Lipinski definition) is 5. The molecule has 0 aliphatic heterocycles. The molecule has 0 spiro atoms. The molecule has 3 aromatic rings. The molecule has 0 saturated carbocycles. The van der Waals surface area contributed by atoms with E-state index in [0.29, 0.717) is 12.5 Å². The zero-order chi connectivity index (χ0) is 19.2. The molecule has 0 saturated heterocycles. The van der Waals surface area contributed by atoms with Crippen molar-refractivity contribution in [3.05, 3.63) is 50.6 Å². The Morgan fingerprint density at radius 2 is 2.00 bits per heavy atom.